The van der Waals surface area contributed by atoms with Gasteiger partial charge in [0.25, 0.3) is 0 Å². The van der Waals surface area contributed by atoms with Crippen molar-refractivity contribution in [3.05, 3.63) is 57.5 Å². The molecule has 0 aliphatic carbocycles. The number of aliphatic hydroxyl groups excluding tert-OH is 1. The van der Waals surface area contributed by atoms with Gasteiger partial charge in [0.1, 0.15) is 18.5 Å². The molecular formula is C19H21Cl3N2O2. The van der Waals surface area contributed by atoms with Crippen LogP contribution in [0.4, 0.5) is 5.69 Å². The van der Waals surface area contributed by atoms with Crippen LogP contribution in [0.3, 0.4) is 0 Å². The fourth-order valence-corrected chi connectivity index (χ4v) is 3.64. The summed E-state index contributed by atoms with van der Waals surface area (Å²) in [7, 11) is 0. The Hall–Kier alpha value is -1.17. The van der Waals surface area contributed by atoms with Crippen molar-refractivity contribution in [1.82, 2.24) is 4.90 Å². The average Bonchev–Trinajstić information content (AvgIpc) is 2.61. The maximum Gasteiger partial charge on any atom is 0.138 e. The van der Waals surface area contributed by atoms with E-state index in [9.17, 15) is 5.11 Å². The Morgan fingerprint density at radius 1 is 0.962 bits per heavy atom. The lowest BCUT2D eigenvalue weighted by molar-refractivity contribution is 0.0663. The Balaban J connectivity index is 1.44. The third-order valence-electron chi connectivity index (χ3n) is 4.34. The summed E-state index contributed by atoms with van der Waals surface area (Å²) in [6.45, 7) is 4.31. The van der Waals surface area contributed by atoms with Crippen LogP contribution in [-0.4, -0.2) is 55.4 Å². The minimum Gasteiger partial charge on any atom is -0.489 e. The highest BCUT2D eigenvalue weighted by Gasteiger charge is 2.20. The molecule has 7 heteroatoms. The third kappa shape index (κ3) is 5.41. The van der Waals surface area contributed by atoms with E-state index >= 15 is 0 Å². The van der Waals surface area contributed by atoms with Crippen molar-refractivity contribution in [2.75, 3.05) is 44.2 Å². The summed E-state index contributed by atoms with van der Waals surface area (Å²) in [5.74, 6) is 0.529. The predicted molar refractivity (Wildman–Crippen MR) is 108 cm³/mol. The quantitative estimate of drug-likeness (QED) is 0.767. The van der Waals surface area contributed by atoms with E-state index in [1.54, 1.807) is 18.2 Å². The van der Waals surface area contributed by atoms with Gasteiger partial charge in [-0.1, -0.05) is 40.9 Å². The zero-order valence-corrected chi connectivity index (χ0v) is 16.5. The number of nitrogens with zero attached hydrogens (tertiary/aromatic N) is 2. The molecule has 0 radical (unpaired) electrons. The molecule has 1 N–H and O–H groups in total. The zero-order valence-electron chi connectivity index (χ0n) is 14.2. The molecule has 0 spiro atoms. The van der Waals surface area contributed by atoms with Crippen LogP contribution in [0.5, 0.6) is 5.75 Å². The van der Waals surface area contributed by atoms with E-state index in [4.69, 9.17) is 39.5 Å². The van der Waals surface area contributed by atoms with Crippen LogP contribution in [0, 0.1) is 0 Å². The molecule has 0 unspecified atom stereocenters. The van der Waals surface area contributed by atoms with E-state index in [1.165, 1.54) is 0 Å². The standard InChI is InChI=1S/C19H21Cl3N2O2/c20-14-2-1-3-16(10-14)24-8-6-23(7-9-24)12-17(25)13-26-19-5-4-15(21)11-18(19)22/h1-5,10-11,17,25H,6-9,12-13H2/t17-/m0/s1. The van der Waals surface area contributed by atoms with Gasteiger partial charge in [0.15, 0.2) is 0 Å². The number of benzene rings is 2. The van der Waals surface area contributed by atoms with Crippen molar-refractivity contribution in [2.45, 2.75) is 6.10 Å². The minimum absolute atomic E-state index is 0.190. The second-order valence-corrected chi connectivity index (χ2v) is 7.59. The van der Waals surface area contributed by atoms with Crippen molar-refractivity contribution in [1.29, 1.82) is 0 Å². The number of halogens is 3. The number of hydrogen-bond acceptors (Lipinski definition) is 4. The lowest BCUT2D eigenvalue weighted by Gasteiger charge is -2.36. The monoisotopic (exact) mass is 414 g/mol. The van der Waals surface area contributed by atoms with Crippen LogP contribution in [0.15, 0.2) is 42.5 Å². The molecule has 1 atom stereocenters. The molecule has 2 aromatic carbocycles. The molecule has 1 fully saturated rings. The number of piperazine rings is 1. The molecule has 0 saturated carbocycles. The number of aliphatic hydroxyl groups is 1. The molecule has 1 aliphatic heterocycles. The summed E-state index contributed by atoms with van der Waals surface area (Å²) in [6, 6.07) is 12.9. The first kappa shape index (κ1) is 19.6. The van der Waals surface area contributed by atoms with Gasteiger partial charge in [-0.25, -0.2) is 0 Å². The van der Waals surface area contributed by atoms with E-state index in [-0.39, 0.29) is 6.61 Å². The number of rotatable bonds is 6. The third-order valence-corrected chi connectivity index (χ3v) is 5.11. The Kier molecular flexibility index (Phi) is 6.90. The first-order valence-corrected chi connectivity index (χ1v) is 9.63. The van der Waals surface area contributed by atoms with Crippen LogP contribution >= 0.6 is 34.8 Å². The molecule has 0 bridgehead atoms. The summed E-state index contributed by atoms with van der Waals surface area (Å²) in [5.41, 5.74) is 1.14. The highest BCUT2D eigenvalue weighted by Crippen LogP contribution is 2.27. The first-order chi connectivity index (χ1) is 12.5. The van der Waals surface area contributed by atoms with E-state index in [0.29, 0.717) is 22.3 Å². The Bertz CT molecular complexity index is 736. The summed E-state index contributed by atoms with van der Waals surface area (Å²) in [6.07, 6.45) is -0.584. The van der Waals surface area contributed by atoms with Gasteiger partial charge in [0.2, 0.25) is 0 Å². The molecule has 1 heterocycles. The Labute approximate surface area is 168 Å². The highest BCUT2D eigenvalue weighted by molar-refractivity contribution is 6.35. The van der Waals surface area contributed by atoms with Crippen molar-refractivity contribution >= 4 is 40.5 Å². The van der Waals surface area contributed by atoms with Crippen molar-refractivity contribution in [3.8, 4) is 5.75 Å². The summed E-state index contributed by atoms with van der Waals surface area (Å²) < 4.78 is 5.61. The smallest absolute Gasteiger partial charge is 0.138 e. The van der Waals surface area contributed by atoms with Gasteiger partial charge in [0, 0.05) is 48.5 Å². The van der Waals surface area contributed by atoms with E-state index in [0.717, 1.165) is 36.9 Å². The number of anilines is 1. The van der Waals surface area contributed by atoms with Crippen LogP contribution in [0.25, 0.3) is 0 Å². The summed E-state index contributed by atoms with van der Waals surface area (Å²) in [4.78, 5) is 4.54. The second-order valence-electron chi connectivity index (χ2n) is 6.31. The van der Waals surface area contributed by atoms with Gasteiger partial charge in [0.05, 0.1) is 5.02 Å². The van der Waals surface area contributed by atoms with Gasteiger partial charge >= 0.3 is 0 Å². The molecule has 1 saturated heterocycles. The Morgan fingerprint density at radius 2 is 1.69 bits per heavy atom. The Morgan fingerprint density at radius 3 is 2.38 bits per heavy atom. The largest absolute Gasteiger partial charge is 0.489 e. The topological polar surface area (TPSA) is 35.9 Å². The molecular weight excluding hydrogens is 395 g/mol. The van der Waals surface area contributed by atoms with Gasteiger partial charge < -0.3 is 14.7 Å². The van der Waals surface area contributed by atoms with Gasteiger partial charge in [-0.05, 0) is 36.4 Å². The number of β-amino-alcohol motifs (C(OH)–C–C–N with tert-alkyl or cyclic N) is 1. The van der Waals surface area contributed by atoms with Crippen LogP contribution < -0.4 is 9.64 Å². The highest BCUT2D eigenvalue weighted by atomic mass is 35.5. The molecule has 2 aromatic rings. The molecule has 0 aromatic heterocycles. The molecule has 26 heavy (non-hydrogen) atoms. The minimum atomic E-state index is -0.584. The molecule has 3 rings (SSSR count). The van der Waals surface area contributed by atoms with E-state index < -0.39 is 6.10 Å². The summed E-state index contributed by atoms with van der Waals surface area (Å²) >= 11 is 18.0. The number of hydrogen-bond donors (Lipinski definition) is 1. The van der Waals surface area contributed by atoms with Gasteiger partial charge in [-0.15, -0.1) is 0 Å². The lowest BCUT2D eigenvalue weighted by atomic mass is 10.2. The normalized spacial score (nSPS) is 16.5. The molecule has 0 amide bonds. The van der Waals surface area contributed by atoms with E-state index in [2.05, 4.69) is 15.9 Å². The average molecular weight is 416 g/mol. The number of ether oxygens (including phenoxy) is 1. The lowest BCUT2D eigenvalue weighted by Crippen LogP contribution is -2.49. The maximum atomic E-state index is 10.3. The van der Waals surface area contributed by atoms with Crippen molar-refractivity contribution in [2.24, 2.45) is 0 Å². The fraction of sp³-hybridized carbons (Fsp3) is 0.368. The van der Waals surface area contributed by atoms with Crippen LogP contribution in [0.1, 0.15) is 0 Å². The first-order valence-electron chi connectivity index (χ1n) is 8.50. The molecule has 4 nitrogen and oxygen atoms in total. The van der Waals surface area contributed by atoms with E-state index in [1.807, 2.05) is 18.2 Å². The fourth-order valence-electron chi connectivity index (χ4n) is 2.99. The van der Waals surface area contributed by atoms with Crippen LogP contribution in [0.2, 0.25) is 15.1 Å². The van der Waals surface area contributed by atoms with Crippen molar-refractivity contribution in [3.63, 3.8) is 0 Å². The molecule has 1 aliphatic rings. The SMILES string of the molecule is O[C@H](COc1ccc(Cl)cc1Cl)CN1CCN(c2cccc(Cl)c2)CC1. The molecule has 140 valence electrons. The maximum absolute atomic E-state index is 10.3. The predicted octanol–water partition coefficient (Wildman–Crippen LogP) is 4.21. The van der Waals surface area contributed by atoms with Gasteiger partial charge in [-0.3, -0.25) is 4.90 Å². The van der Waals surface area contributed by atoms with Crippen LogP contribution in [-0.2, 0) is 0 Å². The zero-order chi connectivity index (χ0) is 18.5. The summed E-state index contributed by atoms with van der Waals surface area (Å²) in [5, 5.41) is 12.0. The second kappa shape index (κ2) is 9.16. The van der Waals surface area contributed by atoms with Gasteiger partial charge in [-0.2, -0.15) is 0 Å². The van der Waals surface area contributed by atoms with Crippen molar-refractivity contribution < 1.29 is 9.84 Å².